The Morgan fingerprint density at radius 3 is 2.44 bits per heavy atom. The zero-order valence-electron chi connectivity index (χ0n) is 10.9. The summed E-state index contributed by atoms with van der Waals surface area (Å²) in [6.07, 6.45) is 0. The van der Waals surface area contributed by atoms with Crippen molar-refractivity contribution in [2.45, 2.75) is 18.7 Å². The molecule has 0 aliphatic rings. The van der Waals surface area contributed by atoms with Crippen LogP contribution in [0.1, 0.15) is 24.2 Å². The summed E-state index contributed by atoms with van der Waals surface area (Å²) in [4.78, 5) is 13.7. The van der Waals surface area contributed by atoms with Crippen LogP contribution in [-0.2, 0) is 9.53 Å². The van der Waals surface area contributed by atoms with Gasteiger partial charge >= 0.3 is 5.97 Å². The fraction of sp³-hybridized carbons (Fsp3) is 0.500. The quantitative estimate of drug-likeness (QED) is 0.572. The van der Waals surface area contributed by atoms with Gasteiger partial charge < -0.3 is 9.64 Å². The number of likely N-dealkylation sites (N-methyl/N-ethyl adjacent to an activating group) is 1. The fourth-order valence-corrected chi connectivity index (χ4v) is 2.08. The van der Waals surface area contributed by atoms with E-state index >= 15 is 0 Å². The molecule has 0 heterocycles. The first kappa shape index (κ1) is 15.2. The first-order valence-electron chi connectivity index (χ1n) is 6.27. The number of carbonyl (C=O) groups is 1. The summed E-state index contributed by atoms with van der Waals surface area (Å²) in [5.74, 6) is -0.228. The Hall–Kier alpha value is -0.870. The molecule has 0 aromatic heterocycles. The van der Waals surface area contributed by atoms with Crippen LogP contribution in [0.4, 0.5) is 0 Å². The van der Waals surface area contributed by atoms with E-state index in [1.165, 1.54) is 0 Å². The van der Waals surface area contributed by atoms with Crippen LogP contribution in [-0.4, -0.2) is 37.1 Å². The fourth-order valence-electron chi connectivity index (χ4n) is 1.65. The predicted octanol–water partition coefficient (Wildman–Crippen LogP) is 3.01. The third kappa shape index (κ3) is 4.78. The van der Waals surface area contributed by atoms with E-state index in [4.69, 9.17) is 4.74 Å². The molecule has 0 aliphatic carbocycles. The summed E-state index contributed by atoms with van der Waals surface area (Å²) in [6.45, 7) is 7.38. The van der Waals surface area contributed by atoms with Crippen LogP contribution in [0.2, 0.25) is 0 Å². The van der Waals surface area contributed by atoms with Gasteiger partial charge in [0.2, 0.25) is 0 Å². The van der Waals surface area contributed by atoms with Crippen LogP contribution < -0.4 is 0 Å². The number of carbonyl (C=O) groups excluding carboxylic acids is 1. The van der Waals surface area contributed by atoms with E-state index < -0.39 is 0 Å². The molecule has 0 aliphatic heterocycles. The first-order chi connectivity index (χ1) is 8.69. The number of alkyl halides is 1. The molecule has 0 amide bonds. The average molecular weight is 314 g/mol. The van der Waals surface area contributed by atoms with Crippen LogP contribution in [0.25, 0.3) is 0 Å². The minimum atomic E-state index is -0.379. The number of benzene rings is 1. The number of esters is 1. The van der Waals surface area contributed by atoms with Gasteiger partial charge in [-0.2, -0.15) is 0 Å². The SMILES string of the molecule is CCN(CC)CCOC(=O)C(Br)c1ccccc1. The van der Waals surface area contributed by atoms with Gasteiger partial charge in [-0.15, -0.1) is 0 Å². The molecule has 0 saturated heterocycles. The second-order valence-corrected chi connectivity index (χ2v) is 4.88. The molecule has 1 rings (SSSR count). The van der Waals surface area contributed by atoms with Gasteiger partial charge in [0.05, 0.1) is 0 Å². The molecule has 0 saturated carbocycles. The molecular formula is C14H20BrNO2. The molecule has 0 N–H and O–H groups in total. The Labute approximate surface area is 117 Å². The van der Waals surface area contributed by atoms with Crippen molar-refractivity contribution in [3.63, 3.8) is 0 Å². The van der Waals surface area contributed by atoms with Gasteiger partial charge in [-0.1, -0.05) is 60.1 Å². The highest BCUT2D eigenvalue weighted by Gasteiger charge is 2.18. The summed E-state index contributed by atoms with van der Waals surface area (Å²) in [7, 11) is 0. The summed E-state index contributed by atoms with van der Waals surface area (Å²) in [5, 5.41) is 0. The molecule has 1 aromatic carbocycles. The van der Waals surface area contributed by atoms with Crippen LogP contribution in [0.5, 0.6) is 0 Å². The molecule has 1 unspecified atom stereocenters. The number of hydrogen-bond acceptors (Lipinski definition) is 3. The molecule has 3 nitrogen and oxygen atoms in total. The third-order valence-electron chi connectivity index (χ3n) is 2.85. The van der Waals surface area contributed by atoms with Crippen molar-refractivity contribution in [1.82, 2.24) is 4.90 Å². The monoisotopic (exact) mass is 313 g/mol. The Kier molecular flexibility index (Phi) is 6.98. The van der Waals surface area contributed by atoms with Gasteiger partial charge in [-0.3, -0.25) is 4.79 Å². The van der Waals surface area contributed by atoms with Crippen molar-refractivity contribution >= 4 is 21.9 Å². The Balaban J connectivity index is 2.37. The van der Waals surface area contributed by atoms with E-state index in [0.717, 1.165) is 25.2 Å². The smallest absolute Gasteiger partial charge is 0.324 e. The summed E-state index contributed by atoms with van der Waals surface area (Å²) in [6, 6.07) is 9.56. The zero-order chi connectivity index (χ0) is 13.4. The van der Waals surface area contributed by atoms with Crippen LogP contribution >= 0.6 is 15.9 Å². The van der Waals surface area contributed by atoms with Gasteiger partial charge in [0.25, 0.3) is 0 Å². The van der Waals surface area contributed by atoms with E-state index in [0.29, 0.717) is 6.61 Å². The maximum Gasteiger partial charge on any atom is 0.324 e. The molecule has 0 bridgehead atoms. The van der Waals surface area contributed by atoms with E-state index in [9.17, 15) is 4.79 Å². The number of rotatable bonds is 7. The molecular weight excluding hydrogens is 294 g/mol. The highest BCUT2D eigenvalue weighted by atomic mass is 79.9. The van der Waals surface area contributed by atoms with Gasteiger partial charge in [-0.05, 0) is 18.7 Å². The lowest BCUT2D eigenvalue weighted by Gasteiger charge is -2.18. The van der Waals surface area contributed by atoms with Crippen molar-refractivity contribution in [2.75, 3.05) is 26.2 Å². The Morgan fingerprint density at radius 1 is 1.28 bits per heavy atom. The van der Waals surface area contributed by atoms with Gasteiger partial charge in [-0.25, -0.2) is 0 Å². The first-order valence-corrected chi connectivity index (χ1v) is 7.18. The Morgan fingerprint density at radius 2 is 1.89 bits per heavy atom. The molecule has 100 valence electrons. The number of halogens is 1. The maximum atomic E-state index is 11.8. The number of ether oxygens (including phenoxy) is 1. The van der Waals surface area contributed by atoms with Crippen molar-refractivity contribution in [3.05, 3.63) is 35.9 Å². The van der Waals surface area contributed by atoms with Crippen LogP contribution in [0.15, 0.2) is 30.3 Å². The molecule has 0 spiro atoms. The maximum absolute atomic E-state index is 11.8. The van der Waals surface area contributed by atoms with Crippen molar-refractivity contribution in [2.24, 2.45) is 0 Å². The second-order valence-electron chi connectivity index (χ2n) is 3.97. The van der Waals surface area contributed by atoms with Gasteiger partial charge in [0.1, 0.15) is 11.4 Å². The van der Waals surface area contributed by atoms with E-state index in [1.807, 2.05) is 30.3 Å². The molecule has 4 heteroatoms. The lowest BCUT2D eigenvalue weighted by atomic mass is 10.1. The number of nitrogens with zero attached hydrogens (tertiary/aromatic N) is 1. The van der Waals surface area contributed by atoms with E-state index in [1.54, 1.807) is 0 Å². The lowest BCUT2D eigenvalue weighted by Crippen LogP contribution is -2.28. The van der Waals surface area contributed by atoms with E-state index in [-0.39, 0.29) is 10.8 Å². The van der Waals surface area contributed by atoms with Gasteiger partial charge in [0, 0.05) is 6.54 Å². The average Bonchev–Trinajstić information content (AvgIpc) is 2.43. The van der Waals surface area contributed by atoms with Crippen LogP contribution in [0.3, 0.4) is 0 Å². The molecule has 18 heavy (non-hydrogen) atoms. The molecule has 1 aromatic rings. The third-order valence-corrected chi connectivity index (χ3v) is 3.75. The zero-order valence-corrected chi connectivity index (χ0v) is 12.5. The molecule has 1 atom stereocenters. The minimum Gasteiger partial charge on any atom is -0.463 e. The van der Waals surface area contributed by atoms with Crippen molar-refractivity contribution < 1.29 is 9.53 Å². The summed E-state index contributed by atoms with van der Waals surface area (Å²) < 4.78 is 5.26. The normalized spacial score (nSPS) is 12.4. The predicted molar refractivity (Wildman–Crippen MR) is 76.9 cm³/mol. The van der Waals surface area contributed by atoms with E-state index in [2.05, 4.69) is 34.7 Å². The molecule has 0 radical (unpaired) electrons. The summed E-state index contributed by atoms with van der Waals surface area (Å²) >= 11 is 3.36. The highest BCUT2D eigenvalue weighted by Crippen LogP contribution is 2.23. The second kappa shape index (κ2) is 8.27. The minimum absolute atomic E-state index is 0.228. The summed E-state index contributed by atoms with van der Waals surface area (Å²) in [5.41, 5.74) is 0.922. The largest absolute Gasteiger partial charge is 0.463 e. The van der Waals surface area contributed by atoms with Crippen molar-refractivity contribution in [1.29, 1.82) is 0 Å². The Bertz CT molecular complexity index is 352. The lowest BCUT2D eigenvalue weighted by molar-refractivity contribution is -0.143. The highest BCUT2D eigenvalue weighted by molar-refractivity contribution is 9.09. The standard InChI is InChI=1S/C14H20BrNO2/c1-3-16(4-2)10-11-18-14(17)13(15)12-8-6-5-7-9-12/h5-9,13H,3-4,10-11H2,1-2H3. The number of hydrogen-bond donors (Lipinski definition) is 0. The van der Waals surface area contributed by atoms with Gasteiger partial charge in [0.15, 0.2) is 0 Å². The topological polar surface area (TPSA) is 29.5 Å². The van der Waals surface area contributed by atoms with Crippen molar-refractivity contribution in [3.8, 4) is 0 Å². The molecule has 0 fully saturated rings. The van der Waals surface area contributed by atoms with Crippen LogP contribution in [0, 0.1) is 0 Å².